The molecule has 0 saturated heterocycles. The summed E-state index contributed by atoms with van der Waals surface area (Å²) in [7, 11) is 0. The minimum Gasteiger partial charge on any atom is -0.294 e. The third kappa shape index (κ3) is 2.46. The zero-order valence-corrected chi connectivity index (χ0v) is 12.0. The number of rotatable bonds is 4. The summed E-state index contributed by atoms with van der Waals surface area (Å²) < 4.78 is 2.03. The monoisotopic (exact) mass is 256 g/mol. The van der Waals surface area contributed by atoms with Gasteiger partial charge in [-0.2, -0.15) is 5.10 Å². The number of carbonyl (C=O) groups excluding carboxylic acids is 1. The Bertz CT molecular complexity index is 611. The Balaban J connectivity index is 2.62. The van der Waals surface area contributed by atoms with E-state index in [1.165, 1.54) is 0 Å². The summed E-state index contributed by atoms with van der Waals surface area (Å²) in [5, 5.41) is 4.58. The molecule has 0 fully saturated rings. The van der Waals surface area contributed by atoms with Crippen molar-refractivity contribution in [1.82, 2.24) is 9.78 Å². The van der Waals surface area contributed by atoms with Gasteiger partial charge >= 0.3 is 0 Å². The number of nitrogens with zero attached hydrogens (tertiary/aromatic N) is 2. The highest BCUT2D eigenvalue weighted by Gasteiger charge is 2.17. The molecule has 1 aromatic heterocycles. The molecule has 0 radical (unpaired) electrons. The Hall–Kier alpha value is -1.90. The van der Waals surface area contributed by atoms with Crippen LogP contribution in [0.3, 0.4) is 0 Å². The van der Waals surface area contributed by atoms with Crippen LogP contribution < -0.4 is 0 Å². The van der Waals surface area contributed by atoms with Crippen LogP contribution in [0.25, 0.3) is 11.1 Å². The maximum absolute atomic E-state index is 11.8. The molecular weight excluding hydrogens is 236 g/mol. The second-order valence-electron chi connectivity index (χ2n) is 4.87. The average molecular weight is 256 g/mol. The fourth-order valence-corrected chi connectivity index (χ4v) is 2.52. The first-order chi connectivity index (χ1) is 9.06. The van der Waals surface area contributed by atoms with Crippen molar-refractivity contribution in [3.63, 3.8) is 0 Å². The SMILES string of the molecule is CCCn1nc(C)c(-c2ccccc2C(C)=O)c1C. The predicted octanol–water partition coefficient (Wildman–Crippen LogP) is 3.78. The van der Waals surface area contributed by atoms with Gasteiger partial charge in [-0.25, -0.2) is 0 Å². The van der Waals surface area contributed by atoms with Gasteiger partial charge in [0.05, 0.1) is 5.69 Å². The molecule has 0 aliphatic carbocycles. The summed E-state index contributed by atoms with van der Waals surface area (Å²) in [6, 6.07) is 7.76. The van der Waals surface area contributed by atoms with E-state index in [1.807, 2.05) is 35.9 Å². The van der Waals surface area contributed by atoms with Crippen LogP contribution >= 0.6 is 0 Å². The van der Waals surface area contributed by atoms with Crippen molar-refractivity contribution in [2.45, 2.75) is 40.7 Å². The van der Waals surface area contributed by atoms with E-state index >= 15 is 0 Å². The molecule has 0 aliphatic heterocycles. The summed E-state index contributed by atoms with van der Waals surface area (Å²) in [4.78, 5) is 11.8. The number of carbonyl (C=O) groups is 1. The highest BCUT2D eigenvalue weighted by molar-refractivity contribution is 6.01. The fourth-order valence-electron chi connectivity index (χ4n) is 2.52. The van der Waals surface area contributed by atoms with Gasteiger partial charge in [-0.3, -0.25) is 9.48 Å². The standard InChI is InChI=1S/C16H20N2O/c1-5-10-18-12(3)16(11(2)17-18)15-9-7-6-8-14(15)13(4)19/h6-9H,5,10H2,1-4H3. The van der Waals surface area contributed by atoms with Gasteiger partial charge in [0.2, 0.25) is 0 Å². The lowest BCUT2D eigenvalue weighted by Gasteiger charge is -2.08. The smallest absolute Gasteiger partial charge is 0.160 e. The first-order valence-electron chi connectivity index (χ1n) is 6.70. The van der Waals surface area contributed by atoms with Crippen LogP contribution in [0.5, 0.6) is 0 Å². The molecule has 0 atom stereocenters. The Morgan fingerprint density at radius 2 is 1.95 bits per heavy atom. The number of aryl methyl sites for hydroxylation is 2. The van der Waals surface area contributed by atoms with Crippen LogP contribution in [-0.2, 0) is 6.54 Å². The van der Waals surface area contributed by atoms with Gasteiger partial charge in [0, 0.05) is 23.4 Å². The minimum absolute atomic E-state index is 0.0950. The lowest BCUT2D eigenvalue weighted by Crippen LogP contribution is -2.01. The van der Waals surface area contributed by atoms with E-state index in [9.17, 15) is 4.79 Å². The third-order valence-electron chi connectivity index (χ3n) is 3.39. The van der Waals surface area contributed by atoms with Gasteiger partial charge in [0.25, 0.3) is 0 Å². The summed E-state index contributed by atoms with van der Waals surface area (Å²) >= 11 is 0. The Kier molecular flexibility index (Phi) is 3.84. The van der Waals surface area contributed by atoms with E-state index in [0.717, 1.165) is 41.0 Å². The van der Waals surface area contributed by atoms with E-state index in [4.69, 9.17) is 0 Å². The molecule has 2 rings (SSSR count). The topological polar surface area (TPSA) is 34.9 Å². The van der Waals surface area contributed by atoms with Crippen molar-refractivity contribution >= 4 is 5.78 Å². The molecule has 0 bridgehead atoms. The van der Waals surface area contributed by atoms with E-state index in [2.05, 4.69) is 18.9 Å². The summed E-state index contributed by atoms with van der Waals surface area (Å²) in [5.41, 5.74) is 4.98. The van der Waals surface area contributed by atoms with Crippen LogP contribution in [0.2, 0.25) is 0 Å². The fraction of sp³-hybridized carbons (Fsp3) is 0.375. The Labute approximate surface area is 114 Å². The van der Waals surface area contributed by atoms with Crippen LogP contribution in [0, 0.1) is 13.8 Å². The second-order valence-corrected chi connectivity index (χ2v) is 4.87. The molecule has 3 nitrogen and oxygen atoms in total. The van der Waals surface area contributed by atoms with Gasteiger partial charge in [0.15, 0.2) is 5.78 Å². The van der Waals surface area contributed by atoms with Crippen LogP contribution in [0.15, 0.2) is 24.3 Å². The highest BCUT2D eigenvalue weighted by atomic mass is 16.1. The first kappa shape index (κ1) is 13.5. The van der Waals surface area contributed by atoms with Gasteiger partial charge in [-0.05, 0) is 32.8 Å². The molecule has 0 spiro atoms. The minimum atomic E-state index is 0.0950. The zero-order chi connectivity index (χ0) is 14.0. The maximum atomic E-state index is 11.8. The van der Waals surface area contributed by atoms with Crippen molar-refractivity contribution < 1.29 is 4.79 Å². The number of benzene rings is 1. The maximum Gasteiger partial charge on any atom is 0.160 e. The van der Waals surface area contributed by atoms with Gasteiger partial charge in [-0.1, -0.05) is 31.2 Å². The number of hydrogen-bond donors (Lipinski definition) is 0. The van der Waals surface area contributed by atoms with Gasteiger partial charge in [0.1, 0.15) is 0 Å². The number of hydrogen-bond acceptors (Lipinski definition) is 2. The number of Topliss-reactive ketones (excluding diaryl/α,β-unsaturated/α-hetero) is 1. The normalized spacial score (nSPS) is 10.7. The van der Waals surface area contributed by atoms with Crippen LogP contribution in [-0.4, -0.2) is 15.6 Å². The van der Waals surface area contributed by atoms with Crippen molar-refractivity contribution in [2.24, 2.45) is 0 Å². The van der Waals surface area contributed by atoms with Crippen molar-refractivity contribution in [3.05, 3.63) is 41.2 Å². The van der Waals surface area contributed by atoms with Gasteiger partial charge < -0.3 is 0 Å². The number of aromatic nitrogens is 2. The molecule has 19 heavy (non-hydrogen) atoms. The van der Waals surface area contributed by atoms with E-state index in [0.29, 0.717) is 0 Å². The molecule has 1 heterocycles. The van der Waals surface area contributed by atoms with Crippen molar-refractivity contribution in [2.75, 3.05) is 0 Å². The Morgan fingerprint density at radius 1 is 1.26 bits per heavy atom. The highest BCUT2D eigenvalue weighted by Crippen LogP contribution is 2.30. The summed E-state index contributed by atoms with van der Waals surface area (Å²) in [6.07, 6.45) is 1.05. The molecule has 0 saturated carbocycles. The first-order valence-corrected chi connectivity index (χ1v) is 6.70. The van der Waals surface area contributed by atoms with Crippen LogP contribution in [0.1, 0.15) is 42.0 Å². The van der Waals surface area contributed by atoms with Crippen LogP contribution in [0.4, 0.5) is 0 Å². The average Bonchev–Trinajstić information content (AvgIpc) is 2.65. The lowest BCUT2D eigenvalue weighted by atomic mass is 9.96. The molecular formula is C16H20N2O. The molecule has 0 N–H and O–H groups in total. The van der Waals surface area contributed by atoms with Gasteiger partial charge in [-0.15, -0.1) is 0 Å². The van der Waals surface area contributed by atoms with Crippen molar-refractivity contribution in [3.8, 4) is 11.1 Å². The largest absolute Gasteiger partial charge is 0.294 e. The third-order valence-corrected chi connectivity index (χ3v) is 3.39. The molecule has 1 aromatic carbocycles. The molecule has 0 amide bonds. The summed E-state index contributed by atoms with van der Waals surface area (Å²) in [6.45, 7) is 8.74. The Morgan fingerprint density at radius 3 is 2.58 bits per heavy atom. The van der Waals surface area contributed by atoms with E-state index in [-0.39, 0.29) is 5.78 Å². The predicted molar refractivity (Wildman–Crippen MR) is 77.4 cm³/mol. The molecule has 2 aromatic rings. The molecule has 0 unspecified atom stereocenters. The molecule has 100 valence electrons. The quantitative estimate of drug-likeness (QED) is 0.780. The molecule has 0 aliphatic rings. The van der Waals surface area contributed by atoms with Crippen molar-refractivity contribution in [1.29, 1.82) is 0 Å². The van der Waals surface area contributed by atoms with E-state index in [1.54, 1.807) is 6.92 Å². The molecule has 3 heteroatoms. The lowest BCUT2D eigenvalue weighted by molar-refractivity contribution is 0.101. The van der Waals surface area contributed by atoms with E-state index < -0.39 is 0 Å². The zero-order valence-electron chi connectivity index (χ0n) is 12.0. The number of ketones is 1. The summed E-state index contributed by atoms with van der Waals surface area (Å²) in [5.74, 6) is 0.0950. The second kappa shape index (κ2) is 5.39.